The zero-order valence-electron chi connectivity index (χ0n) is 6.88. The first-order valence-electron chi connectivity index (χ1n) is 3.36. The normalized spacial score (nSPS) is 9.73. The molecule has 0 aromatic carbocycles. The average molecular weight is 153 g/mol. The van der Waals surface area contributed by atoms with Crippen molar-refractivity contribution in [2.45, 2.75) is 13.8 Å². The maximum Gasteiger partial charge on any atom is 0.219 e. The predicted molar refractivity (Wildman–Crippen MR) is 41.9 cm³/mol. The van der Waals surface area contributed by atoms with E-state index in [1.54, 1.807) is 20.0 Å². The van der Waals surface area contributed by atoms with Crippen molar-refractivity contribution in [3.05, 3.63) is 17.3 Å². The summed E-state index contributed by atoms with van der Waals surface area (Å²) in [5.74, 6) is 0.741. The molecule has 3 heteroatoms. The minimum atomic E-state index is 0.261. The Morgan fingerprint density at radius 1 is 1.45 bits per heavy atom. The highest BCUT2D eigenvalue weighted by Crippen LogP contribution is 2.26. The maximum absolute atomic E-state index is 9.40. The Kier molecular flexibility index (Phi) is 1.98. The lowest BCUT2D eigenvalue weighted by molar-refractivity contribution is 0.385. The van der Waals surface area contributed by atoms with Crippen molar-refractivity contribution in [1.82, 2.24) is 4.98 Å². The van der Waals surface area contributed by atoms with Gasteiger partial charge in [-0.3, -0.25) is 0 Å². The Labute approximate surface area is 65.7 Å². The first-order valence-corrected chi connectivity index (χ1v) is 3.36. The second-order valence-electron chi connectivity index (χ2n) is 2.42. The van der Waals surface area contributed by atoms with E-state index < -0.39 is 0 Å². The third-order valence-corrected chi connectivity index (χ3v) is 1.62. The number of aryl methyl sites for hydroxylation is 1. The lowest BCUT2D eigenvalue weighted by Gasteiger charge is -2.06. The number of pyridine rings is 1. The van der Waals surface area contributed by atoms with Gasteiger partial charge in [0.1, 0.15) is 5.75 Å². The highest BCUT2D eigenvalue weighted by atomic mass is 16.5. The van der Waals surface area contributed by atoms with E-state index in [0.717, 1.165) is 5.56 Å². The summed E-state index contributed by atoms with van der Waals surface area (Å²) in [7, 11) is 1.53. The Bertz CT molecular complexity index is 271. The van der Waals surface area contributed by atoms with Crippen LogP contribution in [0.3, 0.4) is 0 Å². The summed E-state index contributed by atoms with van der Waals surface area (Å²) in [6.07, 6.45) is 1.58. The highest BCUT2D eigenvalue weighted by molar-refractivity contribution is 5.42. The summed E-state index contributed by atoms with van der Waals surface area (Å²) in [4.78, 5) is 3.97. The fraction of sp³-hybridized carbons (Fsp3) is 0.375. The summed E-state index contributed by atoms with van der Waals surface area (Å²) in [5.41, 5.74) is 1.45. The van der Waals surface area contributed by atoms with Crippen LogP contribution in [0.15, 0.2) is 6.20 Å². The fourth-order valence-corrected chi connectivity index (χ4v) is 0.916. The number of hydrogen-bond donors (Lipinski definition) is 1. The van der Waals surface area contributed by atoms with Crippen molar-refractivity contribution < 1.29 is 9.84 Å². The Morgan fingerprint density at radius 2 is 2.09 bits per heavy atom. The van der Waals surface area contributed by atoms with E-state index in [-0.39, 0.29) is 5.75 Å². The van der Waals surface area contributed by atoms with Crippen LogP contribution < -0.4 is 4.74 Å². The number of rotatable bonds is 1. The zero-order chi connectivity index (χ0) is 8.43. The van der Waals surface area contributed by atoms with Crippen LogP contribution in [-0.4, -0.2) is 17.2 Å². The van der Waals surface area contributed by atoms with Gasteiger partial charge in [-0.15, -0.1) is 0 Å². The molecule has 1 aromatic heterocycles. The van der Waals surface area contributed by atoms with Crippen LogP contribution in [0.4, 0.5) is 0 Å². The first kappa shape index (κ1) is 7.85. The predicted octanol–water partition coefficient (Wildman–Crippen LogP) is 1.41. The molecule has 0 fully saturated rings. The molecule has 1 N–H and O–H groups in total. The molecule has 0 aliphatic carbocycles. The lowest BCUT2D eigenvalue weighted by atomic mass is 10.2. The van der Waals surface area contributed by atoms with Crippen LogP contribution in [0.5, 0.6) is 11.6 Å². The molecule has 0 aliphatic rings. The van der Waals surface area contributed by atoms with Gasteiger partial charge in [0.25, 0.3) is 0 Å². The minimum absolute atomic E-state index is 0.261. The van der Waals surface area contributed by atoms with Gasteiger partial charge in [-0.1, -0.05) is 0 Å². The van der Waals surface area contributed by atoms with E-state index in [4.69, 9.17) is 4.74 Å². The molecule has 0 aliphatic heterocycles. The largest absolute Gasteiger partial charge is 0.507 e. The maximum atomic E-state index is 9.40. The van der Waals surface area contributed by atoms with Gasteiger partial charge in [0.15, 0.2) is 0 Å². The van der Waals surface area contributed by atoms with Gasteiger partial charge < -0.3 is 9.84 Å². The molecule has 60 valence electrons. The molecule has 3 nitrogen and oxygen atoms in total. The smallest absolute Gasteiger partial charge is 0.219 e. The van der Waals surface area contributed by atoms with Crippen LogP contribution in [0, 0.1) is 13.8 Å². The number of aromatic nitrogens is 1. The molecular weight excluding hydrogens is 142 g/mol. The molecule has 1 aromatic rings. The quantitative estimate of drug-likeness (QED) is 0.663. The molecule has 11 heavy (non-hydrogen) atoms. The summed E-state index contributed by atoms with van der Waals surface area (Å²) in [5, 5.41) is 9.40. The molecule has 0 atom stereocenters. The van der Waals surface area contributed by atoms with Gasteiger partial charge in [0.05, 0.1) is 12.7 Å². The van der Waals surface area contributed by atoms with Crippen molar-refractivity contribution in [2.24, 2.45) is 0 Å². The topological polar surface area (TPSA) is 42.4 Å². The van der Waals surface area contributed by atoms with E-state index >= 15 is 0 Å². The number of ether oxygens (including phenoxy) is 1. The Balaban J connectivity index is 3.25. The van der Waals surface area contributed by atoms with Gasteiger partial charge in [-0.2, -0.15) is 0 Å². The van der Waals surface area contributed by atoms with Gasteiger partial charge in [-0.25, -0.2) is 4.98 Å². The molecule has 0 radical (unpaired) electrons. The summed E-state index contributed by atoms with van der Waals surface area (Å²) < 4.78 is 4.91. The third kappa shape index (κ3) is 1.27. The Morgan fingerprint density at radius 3 is 2.64 bits per heavy atom. The molecule has 0 spiro atoms. The van der Waals surface area contributed by atoms with Gasteiger partial charge in [-0.05, 0) is 13.8 Å². The molecule has 0 saturated heterocycles. The van der Waals surface area contributed by atoms with Crippen LogP contribution in [-0.2, 0) is 0 Å². The zero-order valence-corrected chi connectivity index (χ0v) is 6.88. The molecular formula is C8H11NO2. The van der Waals surface area contributed by atoms with Crippen molar-refractivity contribution in [2.75, 3.05) is 7.11 Å². The summed E-state index contributed by atoms with van der Waals surface area (Å²) in [6.45, 7) is 3.57. The number of nitrogens with zero attached hydrogens (tertiary/aromatic N) is 1. The number of aromatic hydroxyl groups is 1. The van der Waals surface area contributed by atoms with Crippen molar-refractivity contribution in [3.8, 4) is 11.6 Å². The van der Waals surface area contributed by atoms with Crippen molar-refractivity contribution in [1.29, 1.82) is 0 Å². The first-order chi connectivity index (χ1) is 5.16. The standard InChI is InChI=1S/C8H11NO2/c1-5-4-9-8(11-3)6(2)7(5)10/h4H,1-3H3,(H,9,10). The van der Waals surface area contributed by atoms with E-state index in [2.05, 4.69) is 4.98 Å². The SMILES string of the molecule is COc1ncc(C)c(O)c1C. The molecule has 0 saturated carbocycles. The average Bonchev–Trinajstić information content (AvgIpc) is 2.01. The Hall–Kier alpha value is -1.25. The second-order valence-corrected chi connectivity index (χ2v) is 2.42. The molecule has 0 bridgehead atoms. The van der Waals surface area contributed by atoms with Gasteiger partial charge in [0, 0.05) is 11.8 Å². The number of methoxy groups -OCH3 is 1. The molecule has 0 amide bonds. The molecule has 1 heterocycles. The van der Waals surface area contributed by atoms with E-state index in [9.17, 15) is 5.11 Å². The molecule has 0 unspecified atom stereocenters. The fourth-order valence-electron chi connectivity index (χ4n) is 0.916. The minimum Gasteiger partial charge on any atom is -0.507 e. The van der Waals surface area contributed by atoms with E-state index in [1.807, 2.05) is 0 Å². The van der Waals surface area contributed by atoms with Gasteiger partial charge >= 0.3 is 0 Å². The number of hydrogen-bond acceptors (Lipinski definition) is 3. The summed E-state index contributed by atoms with van der Waals surface area (Å²) in [6, 6.07) is 0. The molecule has 1 rings (SSSR count). The van der Waals surface area contributed by atoms with Crippen LogP contribution in [0.2, 0.25) is 0 Å². The van der Waals surface area contributed by atoms with Crippen LogP contribution in [0.1, 0.15) is 11.1 Å². The second kappa shape index (κ2) is 2.78. The van der Waals surface area contributed by atoms with Crippen molar-refractivity contribution >= 4 is 0 Å². The van der Waals surface area contributed by atoms with Crippen LogP contribution >= 0.6 is 0 Å². The lowest BCUT2D eigenvalue weighted by Crippen LogP contribution is -1.92. The van der Waals surface area contributed by atoms with Crippen molar-refractivity contribution in [3.63, 3.8) is 0 Å². The monoisotopic (exact) mass is 153 g/mol. The van der Waals surface area contributed by atoms with E-state index in [0.29, 0.717) is 11.4 Å². The third-order valence-electron chi connectivity index (χ3n) is 1.62. The van der Waals surface area contributed by atoms with Gasteiger partial charge in [0.2, 0.25) is 5.88 Å². The van der Waals surface area contributed by atoms with E-state index in [1.165, 1.54) is 7.11 Å². The summed E-state index contributed by atoms with van der Waals surface area (Å²) >= 11 is 0. The van der Waals surface area contributed by atoms with Crippen LogP contribution in [0.25, 0.3) is 0 Å². The highest BCUT2D eigenvalue weighted by Gasteiger charge is 2.06.